The molecule has 0 saturated heterocycles. The molecule has 3 nitrogen and oxygen atoms in total. The summed E-state index contributed by atoms with van der Waals surface area (Å²) in [6.07, 6.45) is 8.98. The summed E-state index contributed by atoms with van der Waals surface area (Å²) in [5.41, 5.74) is 9.22. The summed E-state index contributed by atoms with van der Waals surface area (Å²) < 4.78 is 1.91. The van der Waals surface area contributed by atoms with Gasteiger partial charge in [0.05, 0.1) is 6.33 Å². The minimum atomic E-state index is 0.0110. The molecule has 0 N–H and O–H groups in total. The molecule has 0 aliphatic rings. The van der Waals surface area contributed by atoms with Crippen molar-refractivity contribution in [2.24, 2.45) is 0 Å². The fourth-order valence-electron chi connectivity index (χ4n) is 3.24. The molecule has 26 heavy (non-hydrogen) atoms. The fourth-order valence-corrected chi connectivity index (χ4v) is 3.24. The number of hydrogen-bond acceptors (Lipinski definition) is 2. The number of allylic oxidation sites excluding steroid dienone is 1. The normalized spacial score (nSPS) is 11.3. The van der Waals surface area contributed by atoms with Crippen LogP contribution in [0.1, 0.15) is 43.7 Å². The van der Waals surface area contributed by atoms with Crippen molar-refractivity contribution in [1.29, 1.82) is 0 Å². The topological polar surface area (TPSA) is 34.9 Å². The molecule has 1 aromatic heterocycles. The summed E-state index contributed by atoms with van der Waals surface area (Å²) in [6.45, 7) is 10.7. The average molecular weight is 344 g/mol. The van der Waals surface area contributed by atoms with Gasteiger partial charge in [0, 0.05) is 23.6 Å². The van der Waals surface area contributed by atoms with Crippen LogP contribution in [0.4, 0.5) is 0 Å². The molecular weight excluding hydrogens is 320 g/mol. The molecule has 3 aromatic rings. The van der Waals surface area contributed by atoms with Gasteiger partial charge in [0.25, 0.3) is 0 Å². The van der Waals surface area contributed by atoms with E-state index in [4.69, 9.17) is 0 Å². The van der Waals surface area contributed by atoms with Crippen LogP contribution < -0.4 is 0 Å². The van der Waals surface area contributed by atoms with Crippen molar-refractivity contribution in [3.05, 3.63) is 88.0 Å². The molecule has 1 heterocycles. The summed E-state index contributed by atoms with van der Waals surface area (Å²) in [4.78, 5) is 16.6. The van der Waals surface area contributed by atoms with E-state index < -0.39 is 0 Å². The zero-order valence-corrected chi connectivity index (χ0v) is 16.0. The smallest absolute Gasteiger partial charge is 0.185 e. The van der Waals surface area contributed by atoms with Crippen molar-refractivity contribution < 1.29 is 4.79 Å². The molecule has 0 unspecified atom stereocenters. The van der Waals surface area contributed by atoms with Crippen LogP contribution in [0.5, 0.6) is 0 Å². The van der Waals surface area contributed by atoms with Crippen LogP contribution in [0, 0.1) is 34.6 Å². The Kier molecular flexibility index (Phi) is 4.90. The van der Waals surface area contributed by atoms with Gasteiger partial charge in [-0.2, -0.15) is 0 Å². The van der Waals surface area contributed by atoms with Crippen LogP contribution in [0.2, 0.25) is 0 Å². The summed E-state index contributed by atoms with van der Waals surface area (Å²) in [7, 11) is 0. The van der Waals surface area contributed by atoms with Crippen molar-refractivity contribution in [3.8, 4) is 5.69 Å². The zero-order chi connectivity index (χ0) is 18.8. The lowest BCUT2D eigenvalue weighted by Gasteiger charge is -2.16. The highest BCUT2D eigenvalue weighted by Gasteiger charge is 2.11. The maximum absolute atomic E-state index is 12.6. The highest BCUT2D eigenvalue weighted by atomic mass is 16.1. The SMILES string of the molecule is Cc1c(C)c(C)c(/C=C/C(=O)c2ccc(-n3ccnc3)cc2)c(C)c1C. The Balaban J connectivity index is 1.87. The monoisotopic (exact) mass is 344 g/mol. The Hall–Kier alpha value is -2.94. The number of carbonyl (C=O) groups is 1. The molecule has 3 rings (SSSR count). The minimum absolute atomic E-state index is 0.0110. The molecule has 132 valence electrons. The number of ketones is 1. The van der Waals surface area contributed by atoms with Gasteiger partial charge in [-0.05, 0) is 98.3 Å². The molecule has 0 amide bonds. The zero-order valence-electron chi connectivity index (χ0n) is 16.0. The largest absolute Gasteiger partial charge is 0.306 e. The molecule has 0 fully saturated rings. The van der Waals surface area contributed by atoms with E-state index >= 15 is 0 Å². The van der Waals surface area contributed by atoms with Gasteiger partial charge in [-0.1, -0.05) is 6.08 Å². The second-order valence-corrected chi connectivity index (χ2v) is 6.75. The van der Waals surface area contributed by atoms with Gasteiger partial charge < -0.3 is 4.57 Å². The first kappa shape index (κ1) is 17.9. The Labute approximate surface area is 155 Å². The maximum atomic E-state index is 12.6. The molecule has 2 aromatic carbocycles. The van der Waals surface area contributed by atoms with Gasteiger partial charge in [-0.15, -0.1) is 0 Å². The Morgan fingerprint density at radius 1 is 0.885 bits per heavy atom. The van der Waals surface area contributed by atoms with E-state index in [1.807, 2.05) is 41.1 Å². The predicted molar refractivity (Wildman–Crippen MR) is 107 cm³/mol. The number of hydrogen-bond donors (Lipinski definition) is 0. The lowest BCUT2D eigenvalue weighted by Crippen LogP contribution is -2.00. The fraction of sp³-hybridized carbons (Fsp3) is 0.217. The Morgan fingerprint density at radius 3 is 2.00 bits per heavy atom. The minimum Gasteiger partial charge on any atom is -0.306 e. The van der Waals surface area contributed by atoms with E-state index in [2.05, 4.69) is 39.6 Å². The molecule has 0 atom stereocenters. The first-order valence-corrected chi connectivity index (χ1v) is 8.78. The summed E-state index contributed by atoms with van der Waals surface area (Å²) in [6, 6.07) is 7.57. The van der Waals surface area contributed by atoms with Crippen LogP contribution in [0.25, 0.3) is 11.8 Å². The van der Waals surface area contributed by atoms with Crippen molar-refractivity contribution in [1.82, 2.24) is 9.55 Å². The number of imidazole rings is 1. The number of aromatic nitrogens is 2. The van der Waals surface area contributed by atoms with Gasteiger partial charge >= 0.3 is 0 Å². The van der Waals surface area contributed by atoms with E-state index in [9.17, 15) is 4.79 Å². The first-order chi connectivity index (χ1) is 12.4. The van der Waals surface area contributed by atoms with Crippen molar-refractivity contribution >= 4 is 11.9 Å². The third kappa shape index (κ3) is 3.25. The second-order valence-electron chi connectivity index (χ2n) is 6.75. The van der Waals surface area contributed by atoms with E-state index in [-0.39, 0.29) is 5.78 Å². The van der Waals surface area contributed by atoms with E-state index in [1.165, 1.54) is 27.8 Å². The van der Waals surface area contributed by atoms with Gasteiger partial charge in [0.15, 0.2) is 5.78 Å². The van der Waals surface area contributed by atoms with Crippen LogP contribution in [-0.2, 0) is 0 Å². The van der Waals surface area contributed by atoms with Crippen LogP contribution in [-0.4, -0.2) is 15.3 Å². The van der Waals surface area contributed by atoms with Gasteiger partial charge in [-0.25, -0.2) is 4.98 Å². The summed E-state index contributed by atoms with van der Waals surface area (Å²) in [5.74, 6) is 0.0110. The second kappa shape index (κ2) is 7.12. The molecule has 0 aliphatic heterocycles. The predicted octanol–water partition coefficient (Wildman–Crippen LogP) is 5.31. The molecule has 3 heteroatoms. The highest BCUT2D eigenvalue weighted by Crippen LogP contribution is 2.27. The quantitative estimate of drug-likeness (QED) is 0.475. The number of carbonyl (C=O) groups excluding carboxylic acids is 1. The first-order valence-electron chi connectivity index (χ1n) is 8.78. The van der Waals surface area contributed by atoms with Gasteiger partial charge in [0.2, 0.25) is 0 Å². The molecule has 0 bridgehead atoms. The molecule has 0 radical (unpaired) electrons. The number of nitrogens with zero attached hydrogens (tertiary/aromatic N) is 2. The summed E-state index contributed by atoms with van der Waals surface area (Å²) in [5, 5.41) is 0. The van der Waals surface area contributed by atoms with Crippen molar-refractivity contribution in [2.45, 2.75) is 34.6 Å². The van der Waals surface area contributed by atoms with Crippen LogP contribution >= 0.6 is 0 Å². The molecular formula is C23H24N2O. The van der Waals surface area contributed by atoms with Crippen LogP contribution in [0.3, 0.4) is 0 Å². The standard InChI is InChI=1S/C23H24N2O/c1-15-16(2)18(4)22(19(5)17(15)3)10-11-23(26)20-6-8-21(9-7-20)25-13-12-24-14-25/h6-14H,1-5H3/b11-10+. The Bertz CT molecular complexity index is 949. The highest BCUT2D eigenvalue weighted by molar-refractivity contribution is 6.07. The Morgan fingerprint density at radius 2 is 1.46 bits per heavy atom. The van der Waals surface area contributed by atoms with Gasteiger partial charge in [0.1, 0.15) is 0 Å². The average Bonchev–Trinajstić information content (AvgIpc) is 3.19. The number of benzene rings is 2. The molecule has 0 spiro atoms. The number of rotatable bonds is 4. The third-order valence-corrected chi connectivity index (χ3v) is 5.41. The summed E-state index contributed by atoms with van der Waals surface area (Å²) >= 11 is 0. The van der Waals surface area contributed by atoms with Crippen molar-refractivity contribution in [3.63, 3.8) is 0 Å². The molecule has 0 saturated carbocycles. The molecule has 0 aliphatic carbocycles. The third-order valence-electron chi connectivity index (χ3n) is 5.41. The van der Waals surface area contributed by atoms with Crippen LogP contribution in [0.15, 0.2) is 49.1 Å². The maximum Gasteiger partial charge on any atom is 0.185 e. The van der Waals surface area contributed by atoms with Crippen molar-refractivity contribution in [2.75, 3.05) is 0 Å². The lowest BCUT2D eigenvalue weighted by atomic mass is 9.89. The van der Waals surface area contributed by atoms with Gasteiger partial charge in [-0.3, -0.25) is 4.79 Å². The van der Waals surface area contributed by atoms with E-state index in [1.54, 1.807) is 18.6 Å². The lowest BCUT2D eigenvalue weighted by molar-refractivity contribution is 0.104. The van der Waals surface area contributed by atoms with E-state index in [0.717, 1.165) is 11.3 Å². The van der Waals surface area contributed by atoms with E-state index in [0.29, 0.717) is 5.56 Å².